The van der Waals surface area contributed by atoms with Gasteiger partial charge in [0.05, 0.1) is 6.42 Å². The van der Waals surface area contributed by atoms with Crippen LogP contribution in [0, 0.1) is 0 Å². The number of imidazole rings is 1. The standard InChI is InChI=1S/C16H12F6N4O4/c1-25-11-10(12(27)24-13(25)28)26(6-5-15(17,18)19)14(23-11)29-8-3-2-4-9(7-8)30-16(20,21)22/h2-4,7H,5-6H2,1H3,(H,24,27,28). The number of aromatic amines is 1. The van der Waals surface area contributed by atoms with Crippen LogP contribution in [0.2, 0.25) is 0 Å². The van der Waals surface area contributed by atoms with Crippen molar-refractivity contribution in [1.82, 2.24) is 19.1 Å². The highest BCUT2D eigenvalue weighted by atomic mass is 19.4. The molecule has 0 unspecified atom stereocenters. The molecule has 2 aromatic heterocycles. The lowest BCUT2D eigenvalue weighted by molar-refractivity contribution is -0.274. The van der Waals surface area contributed by atoms with E-state index in [-0.39, 0.29) is 16.9 Å². The summed E-state index contributed by atoms with van der Waals surface area (Å²) < 4.78 is 86.1. The second kappa shape index (κ2) is 7.42. The molecule has 0 amide bonds. The summed E-state index contributed by atoms with van der Waals surface area (Å²) in [7, 11) is 1.23. The topological polar surface area (TPSA) is 91.1 Å². The molecule has 1 aromatic carbocycles. The summed E-state index contributed by atoms with van der Waals surface area (Å²) in [6.07, 6.45) is -10.9. The van der Waals surface area contributed by atoms with Gasteiger partial charge in [-0.15, -0.1) is 13.2 Å². The van der Waals surface area contributed by atoms with Crippen molar-refractivity contribution in [3.05, 3.63) is 45.1 Å². The number of rotatable bonds is 5. The van der Waals surface area contributed by atoms with Gasteiger partial charge in [0.1, 0.15) is 11.5 Å². The molecule has 8 nitrogen and oxygen atoms in total. The Labute approximate surface area is 162 Å². The van der Waals surface area contributed by atoms with Crippen molar-refractivity contribution in [2.24, 2.45) is 7.05 Å². The molecule has 0 saturated carbocycles. The molecule has 3 rings (SSSR count). The van der Waals surface area contributed by atoms with Gasteiger partial charge in [-0.1, -0.05) is 6.07 Å². The molecule has 14 heteroatoms. The largest absolute Gasteiger partial charge is 0.573 e. The Morgan fingerprint density at radius 1 is 1.10 bits per heavy atom. The predicted octanol–water partition coefficient (Wildman–Crippen LogP) is 3.07. The molecule has 0 aliphatic heterocycles. The molecule has 0 spiro atoms. The lowest BCUT2D eigenvalue weighted by Crippen LogP contribution is -2.29. The van der Waals surface area contributed by atoms with Crippen molar-refractivity contribution in [1.29, 1.82) is 0 Å². The van der Waals surface area contributed by atoms with Crippen LogP contribution in [0.25, 0.3) is 11.2 Å². The van der Waals surface area contributed by atoms with E-state index in [1.54, 1.807) is 0 Å². The number of nitrogens with one attached hydrogen (secondary N) is 1. The van der Waals surface area contributed by atoms with Gasteiger partial charge in [-0.2, -0.15) is 18.2 Å². The number of hydrogen-bond donors (Lipinski definition) is 1. The number of ether oxygens (including phenoxy) is 2. The fourth-order valence-corrected chi connectivity index (χ4v) is 2.58. The highest BCUT2D eigenvalue weighted by Gasteiger charge is 2.31. The first-order chi connectivity index (χ1) is 13.8. The number of alkyl halides is 6. The summed E-state index contributed by atoms with van der Waals surface area (Å²) in [6, 6.07) is 3.66. The summed E-state index contributed by atoms with van der Waals surface area (Å²) in [5.74, 6) is -0.884. The third-order valence-corrected chi connectivity index (χ3v) is 3.84. The third-order valence-electron chi connectivity index (χ3n) is 3.84. The highest BCUT2D eigenvalue weighted by molar-refractivity contribution is 5.71. The van der Waals surface area contributed by atoms with E-state index < -0.39 is 48.5 Å². The van der Waals surface area contributed by atoms with E-state index in [4.69, 9.17) is 4.74 Å². The van der Waals surface area contributed by atoms with Crippen molar-refractivity contribution in [3.63, 3.8) is 0 Å². The van der Waals surface area contributed by atoms with E-state index in [1.165, 1.54) is 13.1 Å². The van der Waals surface area contributed by atoms with E-state index in [9.17, 15) is 35.9 Å². The average molecular weight is 438 g/mol. The van der Waals surface area contributed by atoms with Gasteiger partial charge in [0.15, 0.2) is 11.2 Å². The number of nitrogens with zero attached hydrogens (tertiary/aromatic N) is 3. The highest BCUT2D eigenvalue weighted by Crippen LogP contribution is 2.30. The van der Waals surface area contributed by atoms with Gasteiger partial charge >= 0.3 is 24.2 Å². The van der Waals surface area contributed by atoms with Crippen LogP contribution in [0.4, 0.5) is 26.3 Å². The molecule has 2 heterocycles. The minimum Gasteiger partial charge on any atom is -0.425 e. The molecule has 0 saturated heterocycles. The van der Waals surface area contributed by atoms with Crippen LogP contribution in [-0.4, -0.2) is 31.6 Å². The smallest absolute Gasteiger partial charge is 0.425 e. The molecule has 0 radical (unpaired) electrons. The maximum atomic E-state index is 12.7. The Kier molecular flexibility index (Phi) is 5.26. The Hall–Kier alpha value is -3.45. The number of H-pyrrole nitrogens is 1. The number of benzene rings is 1. The first-order valence-electron chi connectivity index (χ1n) is 8.14. The molecule has 1 N–H and O–H groups in total. The summed E-state index contributed by atoms with van der Waals surface area (Å²) in [5.41, 5.74) is -2.48. The van der Waals surface area contributed by atoms with Crippen LogP contribution in [0.1, 0.15) is 6.42 Å². The van der Waals surface area contributed by atoms with Crippen molar-refractivity contribution in [2.45, 2.75) is 25.5 Å². The van der Waals surface area contributed by atoms with Crippen LogP contribution in [-0.2, 0) is 13.6 Å². The van der Waals surface area contributed by atoms with Gasteiger partial charge < -0.3 is 9.47 Å². The quantitative estimate of drug-likeness (QED) is 0.619. The predicted molar refractivity (Wildman–Crippen MR) is 89.5 cm³/mol. The number of halogens is 6. The fourth-order valence-electron chi connectivity index (χ4n) is 2.58. The SMILES string of the molecule is Cn1c(=O)[nH]c(=O)c2c1nc(Oc1cccc(OC(F)(F)F)c1)n2CCC(F)(F)F. The summed E-state index contributed by atoms with van der Waals surface area (Å²) in [4.78, 5) is 29.7. The van der Waals surface area contributed by atoms with Gasteiger partial charge in [-0.05, 0) is 12.1 Å². The average Bonchev–Trinajstić information content (AvgIpc) is 2.95. The van der Waals surface area contributed by atoms with Crippen LogP contribution in [0.15, 0.2) is 33.9 Å². The molecule has 30 heavy (non-hydrogen) atoms. The van der Waals surface area contributed by atoms with Gasteiger partial charge in [0.25, 0.3) is 5.56 Å². The molecule has 0 bridgehead atoms. The zero-order valence-electron chi connectivity index (χ0n) is 15.0. The fraction of sp³-hybridized carbons (Fsp3) is 0.312. The normalized spacial score (nSPS) is 12.4. The summed E-state index contributed by atoms with van der Waals surface area (Å²) in [6.45, 7) is -0.782. The number of aryl methyl sites for hydroxylation is 2. The Morgan fingerprint density at radius 3 is 2.40 bits per heavy atom. The zero-order chi connectivity index (χ0) is 22.3. The summed E-state index contributed by atoms with van der Waals surface area (Å²) >= 11 is 0. The van der Waals surface area contributed by atoms with Gasteiger partial charge in [0, 0.05) is 19.7 Å². The minimum absolute atomic E-state index is 0.248. The van der Waals surface area contributed by atoms with Crippen LogP contribution in [0.5, 0.6) is 17.5 Å². The Morgan fingerprint density at radius 2 is 1.77 bits per heavy atom. The maximum absolute atomic E-state index is 12.7. The van der Waals surface area contributed by atoms with Gasteiger partial charge in [-0.3, -0.25) is 18.9 Å². The molecule has 0 aliphatic carbocycles. The lowest BCUT2D eigenvalue weighted by atomic mass is 10.3. The lowest BCUT2D eigenvalue weighted by Gasteiger charge is -2.12. The van der Waals surface area contributed by atoms with E-state index in [1.807, 2.05) is 4.98 Å². The number of aromatic nitrogens is 4. The number of fused-ring (bicyclic) bond motifs is 1. The number of hydrogen-bond acceptors (Lipinski definition) is 5. The van der Waals surface area contributed by atoms with E-state index in [0.29, 0.717) is 0 Å². The van der Waals surface area contributed by atoms with E-state index >= 15 is 0 Å². The molecular weight excluding hydrogens is 426 g/mol. The first kappa shape index (κ1) is 21.3. The third kappa shape index (κ3) is 4.75. The van der Waals surface area contributed by atoms with Crippen molar-refractivity contribution < 1.29 is 35.8 Å². The van der Waals surface area contributed by atoms with Crippen molar-refractivity contribution >= 4 is 11.2 Å². The molecule has 0 atom stereocenters. The van der Waals surface area contributed by atoms with Crippen LogP contribution >= 0.6 is 0 Å². The molecule has 3 aromatic rings. The molecular formula is C16H12F6N4O4. The Balaban J connectivity index is 2.08. The van der Waals surface area contributed by atoms with E-state index in [0.717, 1.165) is 27.3 Å². The summed E-state index contributed by atoms with van der Waals surface area (Å²) in [5, 5.41) is 0. The van der Waals surface area contributed by atoms with Crippen molar-refractivity contribution in [3.8, 4) is 17.5 Å². The van der Waals surface area contributed by atoms with Crippen LogP contribution < -0.4 is 20.7 Å². The zero-order valence-corrected chi connectivity index (χ0v) is 15.0. The Bertz CT molecular complexity index is 1190. The first-order valence-corrected chi connectivity index (χ1v) is 8.14. The minimum atomic E-state index is -4.97. The van der Waals surface area contributed by atoms with Gasteiger partial charge in [-0.25, -0.2) is 4.79 Å². The van der Waals surface area contributed by atoms with Crippen LogP contribution in [0.3, 0.4) is 0 Å². The molecule has 162 valence electrons. The van der Waals surface area contributed by atoms with Gasteiger partial charge in [0.2, 0.25) is 0 Å². The maximum Gasteiger partial charge on any atom is 0.573 e. The second-order valence-electron chi connectivity index (χ2n) is 6.03. The molecule has 0 fully saturated rings. The monoisotopic (exact) mass is 438 g/mol. The van der Waals surface area contributed by atoms with E-state index in [2.05, 4.69) is 9.72 Å². The second-order valence-corrected chi connectivity index (χ2v) is 6.03. The van der Waals surface area contributed by atoms with Crippen molar-refractivity contribution in [2.75, 3.05) is 0 Å². The molecule has 0 aliphatic rings.